The topological polar surface area (TPSA) is 128 Å². The monoisotopic (exact) mass is 525 g/mol. The number of carbonyl (C=O) groups excluding carboxylic acids is 3. The lowest BCUT2D eigenvalue weighted by Gasteiger charge is -2.17. The number of para-hydroxylation sites is 2. The molecule has 10 nitrogen and oxygen atoms in total. The molecule has 0 radical (unpaired) electrons. The van der Waals surface area contributed by atoms with Gasteiger partial charge in [-0.05, 0) is 37.0 Å². The Labute approximate surface area is 220 Å². The second kappa shape index (κ2) is 13.7. The third kappa shape index (κ3) is 8.80. The number of nitrogens with one attached hydrogen (secondary N) is 2. The van der Waals surface area contributed by atoms with E-state index in [-0.39, 0.29) is 24.6 Å². The summed E-state index contributed by atoms with van der Waals surface area (Å²) < 4.78 is 2.86. The van der Waals surface area contributed by atoms with Gasteiger partial charge in [0.2, 0.25) is 12.1 Å². The zero-order chi connectivity index (χ0) is 26.8. The summed E-state index contributed by atoms with van der Waals surface area (Å²) in [7, 11) is 0. The number of carbonyl (C=O) groups is 3. The van der Waals surface area contributed by atoms with E-state index in [1.54, 1.807) is 36.4 Å². The molecule has 2 aromatic heterocycles. The maximum Gasteiger partial charge on any atom is 0.305 e. The van der Waals surface area contributed by atoms with Crippen LogP contribution < -0.4 is 15.4 Å². The highest BCUT2D eigenvalue weighted by atomic mass is 32.2. The summed E-state index contributed by atoms with van der Waals surface area (Å²) in [5.41, 5.74) is 1.37. The summed E-state index contributed by atoms with van der Waals surface area (Å²) in [5, 5.41) is 15.7. The predicted molar refractivity (Wildman–Crippen MR) is 140 cm³/mol. The third-order valence-corrected chi connectivity index (χ3v) is 6.15. The quantitative estimate of drug-likeness (QED) is 0.254. The van der Waals surface area contributed by atoms with Crippen molar-refractivity contribution in [2.45, 2.75) is 44.7 Å². The molecule has 3 N–H and O–H groups in total. The second-order valence-electron chi connectivity index (χ2n) is 9.23. The molecule has 1 aromatic carbocycles. The van der Waals surface area contributed by atoms with E-state index in [0.29, 0.717) is 35.4 Å². The van der Waals surface area contributed by atoms with Gasteiger partial charge < -0.3 is 10.6 Å². The van der Waals surface area contributed by atoms with E-state index in [1.807, 2.05) is 10.4 Å². The van der Waals surface area contributed by atoms with Gasteiger partial charge in [-0.25, -0.2) is 9.29 Å². The van der Waals surface area contributed by atoms with Gasteiger partial charge in [-0.3, -0.25) is 24.6 Å². The van der Waals surface area contributed by atoms with Crippen LogP contribution in [-0.4, -0.2) is 62.8 Å². The molecule has 37 heavy (non-hydrogen) atoms. The van der Waals surface area contributed by atoms with Crippen LogP contribution in [0.4, 0.5) is 0 Å². The molecule has 0 saturated carbocycles. The second-order valence-corrected chi connectivity index (χ2v) is 10.3. The molecule has 4 rings (SSSR count). The molecule has 2 amide bonds. The van der Waals surface area contributed by atoms with Crippen LogP contribution >= 0.6 is 11.9 Å². The Kier molecular flexibility index (Phi) is 10.3. The molecule has 3 heterocycles. The maximum atomic E-state index is 12.7. The number of Topliss-reactive ketones (excluding diaryl/α,β-unsaturated/α-hetero) is 1. The van der Waals surface area contributed by atoms with Crippen molar-refractivity contribution in [3.8, 4) is 0 Å². The van der Waals surface area contributed by atoms with E-state index in [4.69, 9.17) is 0 Å². The normalized spacial score (nSPS) is 16.0. The van der Waals surface area contributed by atoms with Crippen molar-refractivity contribution in [3.63, 3.8) is 0 Å². The van der Waals surface area contributed by atoms with Crippen LogP contribution in [-0.2, 0) is 9.59 Å². The number of nitrogens with zero attached hydrogens (tertiary/aromatic N) is 4. The molecular weight excluding hydrogens is 492 g/mol. The molecule has 0 spiro atoms. The van der Waals surface area contributed by atoms with Crippen LogP contribution in [0.2, 0.25) is 0 Å². The van der Waals surface area contributed by atoms with Crippen molar-refractivity contribution in [3.05, 3.63) is 60.6 Å². The van der Waals surface area contributed by atoms with Gasteiger partial charge >= 0.3 is 5.03 Å². The summed E-state index contributed by atoms with van der Waals surface area (Å²) >= 11 is 1.28. The van der Waals surface area contributed by atoms with Crippen LogP contribution in [0.5, 0.6) is 0 Å². The molecule has 1 saturated heterocycles. The maximum absolute atomic E-state index is 12.7. The fourth-order valence-corrected chi connectivity index (χ4v) is 4.37. The Morgan fingerprint density at radius 3 is 2.59 bits per heavy atom. The number of amides is 2. The molecule has 196 valence electrons. The smallest absolute Gasteiger partial charge is 0.305 e. The first kappa shape index (κ1) is 28.0. The van der Waals surface area contributed by atoms with Crippen LogP contribution in [0.3, 0.4) is 0 Å². The molecule has 1 fully saturated rings. The standard InChI is InChI=1S/C22H22N6O4S.C4H10/c29-19-14-27(33-21-9-3-4-11-28(21)32)10-5-8-17(19)26-20(30)13-24-22(31)18-12-23-15-6-1-2-7-16(15)25-18;1-4(2)3/h1-4,6-7,9,11-12,17H,5,8,10,13-14H2,(H2-,24,26,30,31,32);4H,1-3H3/p+1. The minimum Gasteiger partial charge on any atom is -0.345 e. The number of hydrogen-bond donors (Lipinski definition) is 3. The van der Waals surface area contributed by atoms with Gasteiger partial charge in [0.25, 0.3) is 5.91 Å². The number of hydrogen-bond acceptors (Lipinski definition) is 8. The summed E-state index contributed by atoms with van der Waals surface area (Å²) in [4.78, 5) is 45.8. The number of ketones is 1. The molecule has 1 aliphatic heterocycles. The van der Waals surface area contributed by atoms with Gasteiger partial charge in [-0.1, -0.05) is 32.9 Å². The fraction of sp³-hybridized carbons (Fsp3) is 0.385. The number of pyridine rings is 1. The van der Waals surface area contributed by atoms with E-state index in [2.05, 4.69) is 41.4 Å². The first-order chi connectivity index (χ1) is 17.7. The fourth-order valence-electron chi connectivity index (χ4n) is 3.41. The van der Waals surface area contributed by atoms with E-state index in [0.717, 1.165) is 10.6 Å². The van der Waals surface area contributed by atoms with E-state index < -0.39 is 17.9 Å². The van der Waals surface area contributed by atoms with Crippen molar-refractivity contribution in [2.75, 3.05) is 19.6 Å². The summed E-state index contributed by atoms with van der Waals surface area (Å²) in [6.45, 7) is 6.99. The van der Waals surface area contributed by atoms with Crippen LogP contribution in [0.1, 0.15) is 44.1 Å². The lowest BCUT2D eigenvalue weighted by Crippen LogP contribution is -2.46. The first-order valence-corrected chi connectivity index (χ1v) is 12.9. The van der Waals surface area contributed by atoms with Gasteiger partial charge in [0, 0.05) is 35.4 Å². The molecule has 3 aromatic rings. The van der Waals surface area contributed by atoms with Crippen LogP contribution in [0.25, 0.3) is 11.0 Å². The highest BCUT2D eigenvalue weighted by Crippen LogP contribution is 2.22. The van der Waals surface area contributed by atoms with Crippen LogP contribution in [0, 0.1) is 5.92 Å². The van der Waals surface area contributed by atoms with Gasteiger partial charge in [-0.15, -0.1) is 0 Å². The van der Waals surface area contributed by atoms with Gasteiger partial charge in [0.1, 0.15) is 5.69 Å². The molecule has 11 heteroatoms. The van der Waals surface area contributed by atoms with Gasteiger partial charge in [0.15, 0.2) is 5.78 Å². The van der Waals surface area contributed by atoms with Gasteiger partial charge in [0.05, 0.1) is 36.4 Å². The Morgan fingerprint density at radius 2 is 1.86 bits per heavy atom. The summed E-state index contributed by atoms with van der Waals surface area (Å²) in [5.74, 6) is -0.258. The number of rotatable bonds is 6. The van der Waals surface area contributed by atoms with E-state index in [9.17, 15) is 19.6 Å². The first-order valence-electron chi connectivity index (χ1n) is 12.2. The predicted octanol–water partition coefficient (Wildman–Crippen LogP) is 2.40. The van der Waals surface area contributed by atoms with Crippen molar-refractivity contribution in [1.82, 2.24) is 24.9 Å². The third-order valence-electron chi connectivity index (χ3n) is 5.07. The lowest BCUT2D eigenvalue weighted by molar-refractivity contribution is -0.932. The Balaban J connectivity index is 0.000000886. The van der Waals surface area contributed by atoms with E-state index >= 15 is 0 Å². The summed E-state index contributed by atoms with van der Waals surface area (Å²) in [6, 6.07) is 11.8. The van der Waals surface area contributed by atoms with E-state index in [1.165, 1.54) is 24.3 Å². The van der Waals surface area contributed by atoms with Gasteiger partial charge in [-0.2, -0.15) is 0 Å². The zero-order valence-electron chi connectivity index (χ0n) is 21.3. The molecule has 1 unspecified atom stereocenters. The SMILES string of the molecule is CC(C)C.O=C(CNC(=O)c1cnc2ccccc2n1)NC1CCCN(Sc2cccc[n+]2O)CC1=O. The minimum absolute atomic E-state index is 0.113. The van der Waals surface area contributed by atoms with Crippen molar-refractivity contribution >= 4 is 40.6 Å². The van der Waals surface area contributed by atoms with Crippen molar-refractivity contribution in [1.29, 1.82) is 0 Å². The molecule has 0 aliphatic carbocycles. The lowest BCUT2D eigenvalue weighted by atomic mass is 10.1. The average Bonchev–Trinajstić information content (AvgIpc) is 3.03. The van der Waals surface area contributed by atoms with Crippen molar-refractivity contribution in [2.24, 2.45) is 5.92 Å². The number of benzene rings is 1. The molecule has 1 aliphatic rings. The molecule has 0 bridgehead atoms. The summed E-state index contributed by atoms with van der Waals surface area (Å²) in [6.07, 6.45) is 4.07. The molecular formula is C26H33N6O4S+. The Bertz CT molecular complexity index is 1240. The highest BCUT2D eigenvalue weighted by Gasteiger charge is 2.28. The Hall–Kier alpha value is -3.57. The molecule has 1 atom stereocenters. The van der Waals surface area contributed by atoms with Crippen molar-refractivity contribution < 1.29 is 24.3 Å². The Morgan fingerprint density at radius 1 is 1.16 bits per heavy atom. The number of fused-ring (bicyclic) bond motifs is 1. The zero-order valence-corrected chi connectivity index (χ0v) is 22.1. The minimum atomic E-state index is -0.627. The average molecular weight is 526 g/mol. The highest BCUT2D eigenvalue weighted by molar-refractivity contribution is 7.96. The number of aromatic nitrogens is 3. The van der Waals surface area contributed by atoms with Crippen LogP contribution in [0.15, 0.2) is 59.9 Å². The largest absolute Gasteiger partial charge is 0.345 e.